The van der Waals surface area contributed by atoms with Crippen LogP contribution in [0.15, 0.2) is 97.1 Å². The lowest BCUT2D eigenvalue weighted by Crippen LogP contribution is -1.93. The minimum Gasteiger partial charge on any atom is -0.192 e. The lowest BCUT2D eigenvalue weighted by Gasteiger charge is -2.18. The molecule has 0 aromatic heterocycles. The Morgan fingerprint density at radius 2 is 0.800 bits per heavy atom. The monoisotopic (exact) mass is 380 g/mol. The van der Waals surface area contributed by atoms with Crippen molar-refractivity contribution in [2.24, 2.45) is 0 Å². The molecule has 0 saturated heterocycles. The van der Waals surface area contributed by atoms with E-state index in [2.05, 4.69) is 48.5 Å². The minimum atomic E-state index is 0.400. The Balaban J connectivity index is 2.08. The van der Waals surface area contributed by atoms with Crippen LogP contribution in [0.1, 0.15) is 11.1 Å². The summed E-state index contributed by atoms with van der Waals surface area (Å²) < 4.78 is 0. The van der Waals surface area contributed by atoms with Crippen LogP contribution in [0, 0.1) is 22.7 Å². The summed E-state index contributed by atoms with van der Waals surface area (Å²) >= 11 is 0. The molecule has 0 heterocycles. The van der Waals surface area contributed by atoms with Gasteiger partial charge in [-0.05, 0) is 55.9 Å². The number of fused-ring (bicyclic) bond motifs is 2. The zero-order valence-electron chi connectivity index (χ0n) is 16.1. The second-order valence-corrected chi connectivity index (χ2v) is 7.19. The average Bonchev–Trinajstić information content (AvgIpc) is 2.82. The number of benzene rings is 5. The summed E-state index contributed by atoms with van der Waals surface area (Å²) in [6.07, 6.45) is 0. The molecular formula is C28H16N2. The highest BCUT2D eigenvalue weighted by Crippen LogP contribution is 2.44. The van der Waals surface area contributed by atoms with Gasteiger partial charge in [0.1, 0.15) is 12.1 Å². The van der Waals surface area contributed by atoms with E-state index < -0.39 is 0 Å². The molecule has 138 valence electrons. The van der Waals surface area contributed by atoms with Crippen LogP contribution in [0.2, 0.25) is 0 Å². The summed E-state index contributed by atoms with van der Waals surface area (Å²) in [7, 11) is 0. The molecule has 0 radical (unpaired) electrons. The molecule has 0 bridgehead atoms. The third-order valence-electron chi connectivity index (χ3n) is 5.53. The molecule has 0 unspecified atom stereocenters. The highest BCUT2D eigenvalue weighted by atomic mass is 14.3. The van der Waals surface area contributed by atoms with Crippen molar-refractivity contribution in [3.8, 4) is 34.4 Å². The molecule has 2 nitrogen and oxygen atoms in total. The van der Waals surface area contributed by atoms with E-state index in [9.17, 15) is 10.5 Å². The molecule has 0 aliphatic rings. The molecule has 0 atom stereocenters. The Labute approximate surface area is 174 Å². The molecule has 30 heavy (non-hydrogen) atoms. The number of nitriles is 2. The zero-order chi connectivity index (χ0) is 20.5. The Bertz CT molecular complexity index is 1370. The molecule has 5 aromatic rings. The molecule has 5 aromatic carbocycles. The molecule has 0 saturated carbocycles. The third-order valence-corrected chi connectivity index (χ3v) is 5.53. The molecule has 0 aliphatic heterocycles. The molecule has 0 aliphatic carbocycles. The highest BCUT2D eigenvalue weighted by molar-refractivity contribution is 6.21. The van der Waals surface area contributed by atoms with Gasteiger partial charge < -0.3 is 0 Å². The molecule has 0 N–H and O–H groups in total. The minimum absolute atomic E-state index is 0.400. The van der Waals surface area contributed by atoms with Gasteiger partial charge in [-0.2, -0.15) is 10.5 Å². The number of hydrogen-bond donors (Lipinski definition) is 0. The van der Waals surface area contributed by atoms with E-state index >= 15 is 0 Å². The molecular weight excluding hydrogens is 364 g/mol. The van der Waals surface area contributed by atoms with E-state index in [-0.39, 0.29) is 0 Å². The van der Waals surface area contributed by atoms with Crippen LogP contribution in [0.4, 0.5) is 0 Å². The van der Waals surface area contributed by atoms with Crippen LogP contribution < -0.4 is 0 Å². The largest absolute Gasteiger partial charge is 0.192 e. The predicted molar refractivity (Wildman–Crippen MR) is 122 cm³/mol. The fraction of sp³-hybridized carbons (Fsp3) is 0. The maximum atomic E-state index is 9.67. The van der Waals surface area contributed by atoms with Crippen molar-refractivity contribution in [3.05, 3.63) is 108 Å². The van der Waals surface area contributed by atoms with E-state index in [4.69, 9.17) is 0 Å². The van der Waals surface area contributed by atoms with Gasteiger partial charge in [-0.25, -0.2) is 0 Å². The third kappa shape index (κ3) is 2.72. The molecule has 0 amide bonds. The van der Waals surface area contributed by atoms with Gasteiger partial charge in [0, 0.05) is 0 Å². The van der Waals surface area contributed by atoms with Crippen LogP contribution >= 0.6 is 0 Å². The van der Waals surface area contributed by atoms with Crippen molar-refractivity contribution >= 4 is 21.5 Å². The van der Waals surface area contributed by atoms with Gasteiger partial charge in [0.2, 0.25) is 0 Å². The van der Waals surface area contributed by atoms with Crippen molar-refractivity contribution < 1.29 is 0 Å². The normalized spacial score (nSPS) is 10.6. The van der Waals surface area contributed by atoms with E-state index in [0.29, 0.717) is 11.1 Å². The summed E-state index contributed by atoms with van der Waals surface area (Å²) in [6.45, 7) is 0. The van der Waals surface area contributed by atoms with Crippen molar-refractivity contribution in [2.45, 2.75) is 0 Å². The molecule has 2 heteroatoms. The molecule has 5 rings (SSSR count). The van der Waals surface area contributed by atoms with Gasteiger partial charge >= 0.3 is 0 Å². The Morgan fingerprint density at radius 3 is 1.17 bits per heavy atom. The van der Waals surface area contributed by atoms with Gasteiger partial charge in [-0.15, -0.1) is 0 Å². The fourth-order valence-electron chi connectivity index (χ4n) is 4.24. The van der Waals surface area contributed by atoms with Crippen LogP contribution in [-0.2, 0) is 0 Å². The Kier molecular flexibility index (Phi) is 4.25. The van der Waals surface area contributed by atoms with Crippen LogP contribution in [-0.4, -0.2) is 0 Å². The van der Waals surface area contributed by atoms with Gasteiger partial charge in [0.25, 0.3) is 0 Å². The number of nitrogens with zero attached hydrogens (tertiary/aromatic N) is 2. The summed E-state index contributed by atoms with van der Waals surface area (Å²) in [5.74, 6) is 0. The first-order chi connectivity index (χ1) is 14.8. The SMILES string of the molecule is N#Cc1cc2c(-c3ccccc3)c3ccccc3c(-c3ccccc3)c2cc1C#N. The van der Waals surface area contributed by atoms with Gasteiger partial charge in [-0.1, -0.05) is 84.9 Å². The van der Waals surface area contributed by atoms with Crippen molar-refractivity contribution in [3.63, 3.8) is 0 Å². The maximum absolute atomic E-state index is 9.67. The quantitative estimate of drug-likeness (QED) is 0.307. The van der Waals surface area contributed by atoms with E-state index in [1.165, 1.54) is 0 Å². The smallest absolute Gasteiger partial charge is 0.101 e. The van der Waals surface area contributed by atoms with Crippen molar-refractivity contribution in [1.82, 2.24) is 0 Å². The number of rotatable bonds is 2. The van der Waals surface area contributed by atoms with Crippen molar-refractivity contribution in [1.29, 1.82) is 10.5 Å². The van der Waals surface area contributed by atoms with E-state index in [1.54, 1.807) is 0 Å². The number of hydrogen-bond acceptors (Lipinski definition) is 2. The predicted octanol–water partition coefficient (Wildman–Crippen LogP) is 7.07. The fourth-order valence-corrected chi connectivity index (χ4v) is 4.24. The lowest BCUT2D eigenvalue weighted by molar-refractivity contribution is 1.45. The Hall–Kier alpha value is -4.40. The topological polar surface area (TPSA) is 47.6 Å². The average molecular weight is 380 g/mol. The maximum Gasteiger partial charge on any atom is 0.101 e. The van der Waals surface area contributed by atoms with Crippen molar-refractivity contribution in [2.75, 3.05) is 0 Å². The second kappa shape index (κ2) is 7.21. The Morgan fingerprint density at radius 1 is 0.433 bits per heavy atom. The van der Waals surface area contributed by atoms with Gasteiger partial charge in [-0.3, -0.25) is 0 Å². The lowest BCUT2D eigenvalue weighted by atomic mass is 9.84. The summed E-state index contributed by atoms with van der Waals surface area (Å²) in [5.41, 5.74) is 5.15. The van der Waals surface area contributed by atoms with Crippen LogP contribution in [0.3, 0.4) is 0 Å². The van der Waals surface area contributed by atoms with Gasteiger partial charge in [0.05, 0.1) is 11.1 Å². The van der Waals surface area contributed by atoms with E-state index in [1.807, 2.05) is 60.7 Å². The zero-order valence-corrected chi connectivity index (χ0v) is 16.1. The first-order valence-electron chi connectivity index (χ1n) is 9.75. The summed E-state index contributed by atoms with van der Waals surface area (Å²) in [4.78, 5) is 0. The summed E-state index contributed by atoms with van der Waals surface area (Å²) in [6, 6.07) is 37.0. The van der Waals surface area contributed by atoms with Crippen LogP contribution in [0.25, 0.3) is 43.8 Å². The summed E-state index contributed by atoms with van der Waals surface area (Å²) in [5, 5.41) is 23.6. The van der Waals surface area contributed by atoms with E-state index in [0.717, 1.165) is 43.8 Å². The van der Waals surface area contributed by atoms with Crippen LogP contribution in [0.5, 0.6) is 0 Å². The first-order valence-corrected chi connectivity index (χ1v) is 9.75. The molecule has 0 fully saturated rings. The first kappa shape index (κ1) is 17.7. The highest BCUT2D eigenvalue weighted by Gasteiger charge is 2.18. The van der Waals surface area contributed by atoms with Gasteiger partial charge in [0.15, 0.2) is 0 Å². The molecule has 0 spiro atoms. The second-order valence-electron chi connectivity index (χ2n) is 7.19. The standard InChI is InChI=1S/C28H16N2/c29-17-21-15-25-26(16-22(21)18-30)28(20-11-5-2-6-12-20)24-14-8-7-13-23(24)27(25)19-9-3-1-4-10-19/h1-16H.